The molecule has 0 amide bonds. The summed E-state index contributed by atoms with van der Waals surface area (Å²) in [5.74, 6) is -57.0. The van der Waals surface area contributed by atoms with Crippen LogP contribution in [0.5, 0.6) is 0 Å². The Morgan fingerprint density at radius 3 is 1.15 bits per heavy atom. The van der Waals surface area contributed by atoms with Crippen molar-refractivity contribution in [3.8, 4) is 0 Å². The molecule has 0 saturated heterocycles. The zero-order valence-electron chi connectivity index (χ0n) is 14.7. The van der Waals surface area contributed by atoms with Gasteiger partial charge in [-0.2, -0.15) is 74.6 Å². The van der Waals surface area contributed by atoms with E-state index in [1.165, 1.54) is 0 Å². The summed E-state index contributed by atoms with van der Waals surface area (Å²) in [6.07, 6.45) is -12.4. The van der Waals surface area contributed by atoms with E-state index in [1.54, 1.807) is 0 Å². The fourth-order valence-electron chi connectivity index (χ4n) is 1.83. The summed E-state index contributed by atoms with van der Waals surface area (Å²) in [6, 6.07) is 0. The van der Waals surface area contributed by atoms with Gasteiger partial charge in [-0.15, -0.1) is 0 Å². The second-order valence-electron chi connectivity index (χ2n) is 6.08. The highest BCUT2D eigenvalue weighted by atomic mass is 31.2. The lowest BCUT2D eigenvalue weighted by Gasteiger charge is -2.42. The Hall–Kier alpha value is -1.08. The monoisotopic (exact) mass is 558 g/mol. The van der Waals surface area contributed by atoms with Crippen LogP contribution >= 0.6 is 7.82 Å². The highest BCUT2D eigenvalue weighted by Crippen LogP contribution is 2.64. The lowest BCUT2D eigenvalue weighted by atomic mass is 9.88. The van der Waals surface area contributed by atoms with Gasteiger partial charge in [-0.3, -0.25) is 4.52 Å². The average molecular weight is 558 g/mol. The van der Waals surface area contributed by atoms with Crippen molar-refractivity contribution >= 4 is 7.82 Å². The minimum Gasteiger partial charge on any atom is -0.303 e. The summed E-state index contributed by atoms with van der Waals surface area (Å²) in [7, 11) is -5.46. The summed E-state index contributed by atoms with van der Waals surface area (Å²) < 4.78 is 234. The summed E-state index contributed by atoms with van der Waals surface area (Å²) >= 11 is 0. The molecule has 0 aliphatic carbocycles. The Morgan fingerprint density at radius 1 is 0.545 bits per heavy atom. The molecule has 0 saturated carbocycles. The van der Waals surface area contributed by atoms with E-state index < -0.39 is 74.9 Å². The van der Waals surface area contributed by atoms with E-state index in [9.17, 15) is 79.2 Å². The molecular formula is C11H8F17O4P. The van der Waals surface area contributed by atoms with Crippen LogP contribution in [0.2, 0.25) is 0 Å². The highest BCUT2D eigenvalue weighted by molar-refractivity contribution is 7.46. The van der Waals surface area contributed by atoms with E-state index in [-0.39, 0.29) is 0 Å². The first-order valence-corrected chi connectivity index (χ1v) is 8.90. The van der Waals surface area contributed by atoms with Crippen LogP contribution in [0.4, 0.5) is 74.6 Å². The summed E-state index contributed by atoms with van der Waals surface area (Å²) in [5.41, 5.74) is 0. The van der Waals surface area contributed by atoms with Crippen molar-refractivity contribution < 1.29 is 93.5 Å². The van der Waals surface area contributed by atoms with Crippen LogP contribution in [0.25, 0.3) is 0 Å². The van der Waals surface area contributed by atoms with Gasteiger partial charge in [0.05, 0.1) is 6.61 Å². The number of hydrogen-bond donors (Lipinski definition) is 2. The van der Waals surface area contributed by atoms with E-state index in [0.717, 1.165) is 0 Å². The van der Waals surface area contributed by atoms with Gasteiger partial charge >= 0.3 is 55.5 Å². The SMILES string of the molecule is O=P(O)(O)OCCCC(F)(F)C(F)(F)C(F)(F)C(F)(F)C(F)(F)C(F)(F)C(F)(F)C(F)(F)F. The van der Waals surface area contributed by atoms with Gasteiger partial charge in [0.25, 0.3) is 0 Å². The van der Waals surface area contributed by atoms with E-state index in [0.29, 0.717) is 0 Å². The molecule has 200 valence electrons. The zero-order valence-corrected chi connectivity index (χ0v) is 15.6. The third-order valence-electron chi connectivity index (χ3n) is 3.68. The van der Waals surface area contributed by atoms with Crippen molar-refractivity contribution in [1.82, 2.24) is 0 Å². The molecule has 0 aliphatic rings. The molecule has 0 fully saturated rings. The largest absolute Gasteiger partial charge is 0.469 e. The van der Waals surface area contributed by atoms with Gasteiger partial charge in [-0.05, 0) is 6.42 Å². The van der Waals surface area contributed by atoms with Gasteiger partial charge in [-0.25, -0.2) is 4.57 Å². The molecule has 33 heavy (non-hydrogen) atoms. The number of halogens is 17. The maximum absolute atomic E-state index is 13.4. The number of rotatable bonds is 11. The normalized spacial score (nSPS) is 16.3. The molecular weight excluding hydrogens is 550 g/mol. The fourth-order valence-corrected chi connectivity index (χ4v) is 2.20. The van der Waals surface area contributed by atoms with Gasteiger partial charge in [0.15, 0.2) is 0 Å². The lowest BCUT2D eigenvalue weighted by Crippen LogP contribution is -2.74. The molecule has 0 bridgehead atoms. The molecule has 4 nitrogen and oxygen atoms in total. The van der Waals surface area contributed by atoms with Crippen molar-refractivity contribution in [2.75, 3.05) is 6.61 Å². The quantitative estimate of drug-likeness (QED) is 0.189. The molecule has 0 radical (unpaired) electrons. The standard InChI is InChI=1S/C11H8F17O4P/c12-4(13,2-1-3-32-33(29,30)31)5(14,15)6(16,17)7(18,19)8(20,21)9(22,23)10(24,25)11(26,27)28/h1-3H2,(H2,29,30,31). The van der Waals surface area contributed by atoms with Crippen LogP contribution in [0.1, 0.15) is 12.8 Å². The van der Waals surface area contributed by atoms with Gasteiger partial charge in [0, 0.05) is 6.42 Å². The van der Waals surface area contributed by atoms with Gasteiger partial charge in [0.1, 0.15) is 0 Å². The first-order valence-electron chi connectivity index (χ1n) is 7.37. The zero-order chi connectivity index (χ0) is 27.3. The second kappa shape index (κ2) is 8.54. The molecule has 0 unspecified atom stereocenters. The fraction of sp³-hybridized carbons (Fsp3) is 1.00. The molecule has 0 atom stereocenters. The topological polar surface area (TPSA) is 66.8 Å². The number of phosphoric ester groups is 1. The molecule has 0 spiro atoms. The minimum absolute atomic E-state index is 1.66. The van der Waals surface area contributed by atoms with Crippen LogP contribution in [0, 0.1) is 0 Å². The van der Waals surface area contributed by atoms with Crippen LogP contribution in [0.3, 0.4) is 0 Å². The minimum atomic E-state index is -8.70. The predicted octanol–water partition coefficient (Wildman–Crippen LogP) is 5.89. The van der Waals surface area contributed by atoms with Gasteiger partial charge < -0.3 is 9.79 Å². The molecule has 22 heteroatoms. The predicted molar refractivity (Wildman–Crippen MR) is 67.9 cm³/mol. The van der Waals surface area contributed by atoms with Crippen molar-refractivity contribution in [3.63, 3.8) is 0 Å². The summed E-state index contributed by atoms with van der Waals surface area (Å²) in [6.45, 7) is -1.66. The Kier molecular flexibility index (Phi) is 8.26. The maximum atomic E-state index is 13.4. The summed E-state index contributed by atoms with van der Waals surface area (Å²) in [4.78, 5) is 16.3. The molecule has 0 aliphatic heterocycles. The second-order valence-corrected chi connectivity index (χ2v) is 7.32. The van der Waals surface area contributed by atoms with Gasteiger partial charge in [-0.1, -0.05) is 0 Å². The molecule has 2 N–H and O–H groups in total. The Bertz CT molecular complexity index is 740. The maximum Gasteiger partial charge on any atom is 0.469 e. The van der Waals surface area contributed by atoms with Gasteiger partial charge in [0.2, 0.25) is 0 Å². The van der Waals surface area contributed by atoms with E-state index in [4.69, 9.17) is 9.79 Å². The van der Waals surface area contributed by atoms with E-state index in [1.807, 2.05) is 0 Å². The Balaban J connectivity index is 6.29. The van der Waals surface area contributed by atoms with E-state index in [2.05, 4.69) is 4.52 Å². The smallest absolute Gasteiger partial charge is 0.303 e. The van der Waals surface area contributed by atoms with Crippen LogP contribution in [0.15, 0.2) is 0 Å². The van der Waals surface area contributed by atoms with Crippen molar-refractivity contribution in [2.24, 2.45) is 0 Å². The Labute approximate surface area is 169 Å². The molecule has 0 heterocycles. The van der Waals surface area contributed by atoms with E-state index >= 15 is 0 Å². The third-order valence-corrected chi connectivity index (χ3v) is 4.20. The first-order chi connectivity index (χ1) is 14.0. The third kappa shape index (κ3) is 5.14. The number of phosphoric acid groups is 1. The molecule has 0 aromatic carbocycles. The van der Waals surface area contributed by atoms with Crippen LogP contribution in [-0.2, 0) is 9.09 Å². The van der Waals surface area contributed by atoms with Crippen molar-refractivity contribution in [3.05, 3.63) is 0 Å². The highest BCUT2D eigenvalue weighted by Gasteiger charge is 2.95. The molecule has 0 aromatic heterocycles. The Morgan fingerprint density at radius 2 is 0.848 bits per heavy atom. The number of alkyl halides is 17. The van der Waals surface area contributed by atoms with Crippen LogP contribution in [-0.4, -0.2) is 64.0 Å². The molecule has 0 aromatic rings. The van der Waals surface area contributed by atoms with Crippen molar-refractivity contribution in [1.29, 1.82) is 0 Å². The average Bonchev–Trinajstić information content (AvgIpc) is 2.55. The first kappa shape index (κ1) is 31.9. The van der Waals surface area contributed by atoms with Crippen molar-refractivity contribution in [2.45, 2.75) is 60.5 Å². The number of hydrogen-bond acceptors (Lipinski definition) is 2. The lowest BCUT2D eigenvalue weighted by molar-refractivity contribution is -0.461. The van der Waals surface area contributed by atoms with Crippen LogP contribution < -0.4 is 0 Å². The molecule has 0 rings (SSSR count). The summed E-state index contributed by atoms with van der Waals surface area (Å²) in [5, 5.41) is 0.